The second kappa shape index (κ2) is 11.2. The summed E-state index contributed by atoms with van der Waals surface area (Å²) in [6.07, 6.45) is 4.74. The van der Waals surface area contributed by atoms with Crippen LogP contribution in [-0.4, -0.2) is 55.2 Å². The Morgan fingerprint density at radius 2 is 1.89 bits per heavy atom. The molecule has 0 spiro atoms. The molecule has 1 N–H and O–H groups in total. The molecule has 0 aliphatic heterocycles. The van der Waals surface area contributed by atoms with Crippen LogP contribution in [0.3, 0.4) is 0 Å². The third kappa shape index (κ3) is 7.06. The first-order valence-electron chi connectivity index (χ1n) is 10.5. The van der Waals surface area contributed by atoms with E-state index in [4.69, 9.17) is 4.74 Å². The topological polar surface area (TPSA) is 44.8 Å². The van der Waals surface area contributed by atoms with E-state index in [1.165, 1.54) is 12.8 Å². The van der Waals surface area contributed by atoms with E-state index in [1.807, 2.05) is 36.2 Å². The third-order valence-electron chi connectivity index (χ3n) is 5.71. The van der Waals surface area contributed by atoms with Crippen molar-refractivity contribution < 1.29 is 9.53 Å². The van der Waals surface area contributed by atoms with Crippen molar-refractivity contribution in [3.63, 3.8) is 0 Å². The molecule has 0 aromatic heterocycles. The standard InChI is InChI=1S/C22H37N3O2/c1-5-25(6-2)14-15-27-21-12-10-19(11-13-21)17-23-22(26)24(4)20-9-7-8-18(3)16-20/h10-13,18,20H,5-9,14-17H2,1-4H3,(H,23,26). The first-order chi connectivity index (χ1) is 13.0. The third-order valence-corrected chi connectivity index (χ3v) is 5.71. The second-order valence-electron chi connectivity index (χ2n) is 7.71. The van der Waals surface area contributed by atoms with Gasteiger partial charge in [0.1, 0.15) is 12.4 Å². The summed E-state index contributed by atoms with van der Waals surface area (Å²) >= 11 is 0. The quantitative estimate of drug-likeness (QED) is 0.706. The van der Waals surface area contributed by atoms with Gasteiger partial charge in [0.15, 0.2) is 0 Å². The van der Waals surface area contributed by atoms with E-state index < -0.39 is 0 Å². The van der Waals surface area contributed by atoms with Gasteiger partial charge in [-0.3, -0.25) is 0 Å². The Morgan fingerprint density at radius 1 is 1.19 bits per heavy atom. The van der Waals surface area contributed by atoms with Gasteiger partial charge in [0.2, 0.25) is 0 Å². The first-order valence-corrected chi connectivity index (χ1v) is 10.5. The summed E-state index contributed by atoms with van der Waals surface area (Å²) in [7, 11) is 1.92. The van der Waals surface area contributed by atoms with Gasteiger partial charge in [0.25, 0.3) is 0 Å². The number of hydrogen-bond donors (Lipinski definition) is 1. The van der Waals surface area contributed by atoms with Crippen LogP contribution in [0.15, 0.2) is 24.3 Å². The highest BCUT2D eigenvalue weighted by Gasteiger charge is 2.25. The Bertz CT molecular complexity index is 557. The van der Waals surface area contributed by atoms with Crippen molar-refractivity contribution in [3.8, 4) is 5.75 Å². The number of likely N-dealkylation sites (N-methyl/N-ethyl adjacent to an activating group) is 1. The number of hydrogen-bond acceptors (Lipinski definition) is 3. The van der Waals surface area contributed by atoms with E-state index in [2.05, 4.69) is 31.0 Å². The van der Waals surface area contributed by atoms with Crippen LogP contribution >= 0.6 is 0 Å². The van der Waals surface area contributed by atoms with Gasteiger partial charge in [-0.25, -0.2) is 4.79 Å². The number of carbonyl (C=O) groups excluding carboxylic acids is 1. The number of rotatable bonds is 9. The minimum absolute atomic E-state index is 0.0219. The molecular weight excluding hydrogens is 338 g/mol. The van der Waals surface area contributed by atoms with Gasteiger partial charge in [-0.05, 0) is 49.5 Å². The summed E-state index contributed by atoms with van der Waals surface area (Å²) in [5.41, 5.74) is 1.09. The first kappa shape index (κ1) is 21.5. The van der Waals surface area contributed by atoms with E-state index in [0.717, 1.165) is 43.8 Å². The van der Waals surface area contributed by atoms with Gasteiger partial charge in [-0.1, -0.05) is 45.7 Å². The zero-order chi connectivity index (χ0) is 19.6. The predicted octanol–water partition coefficient (Wildman–Crippen LogP) is 4.13. The maximum atomic E-state index is 12.4. The molecule has 5 heteroatoms. The van der Waals surface area contributed by atoms with Crippen LogP contribution in [0.5, 0.6) is 5.75 Å². The summed E-state index contributed by atoms with van der Waals surface area (Å²) in [5.74, 6) is 1.60. The molecule has 0 heterocycles. The fourth-order valence-electron chi connectivity index (χ4n) is 3.76. The number of amides is 2. The zero-order valence-corrected chi connectivity index (χ0v) is 17.5. The van der Waals surface area contributed by atoms with E-state index in [1.54, 1.807) is 0 Å². The average molecular weight is 376 g/mol. The van der Waals surface area contributed by atoms with Crippen molar-refractivity contribution in [1.82, 2.24) is 15.1 Å². The molecule has 2 unspecified atom stereocenters. The Hall–Kier alpha value is -1.75. The van der Waals surface area contributed by atoms with Crippen molar-refractivity contribution in [2.24, 2.45) is 5.92 Å². The molecule has 2 atom stereocenters. The largest absolute Gasteiger partial charge is 0.492 e. The Kier molecular flexibility index (Phi) is 8.92. The highest BCUT2D eigenvalue weighted by Crippen LogP contribution is 2.26. The van der Waals surface area contributed by atoms with Crippen LogP contribution in [0.2, 0.25) is 0 Å². The Balaban J connectivity index is 1.73. The lowest BCUT2D eigenvalue weighted by molar-refractivity contribution is 0.160. The molecule has 2 rings (SSSR count). The minimum atomic E-state index is 0.0219. The maximum Gasteiger partial charge on any atom is 0.317 e. The lowest BCUT2D eigenvalue weighted by Gasteiger charge is -2.34. The highest BCUT2D eigenvalue weighted by molar-refractivity contribution is 5.74. The van der Waals surface area contributed by atoms with Crippen molar-refractivity contribution in [2.45, 2.75) is 59.0 Å². The van der Waals surface area contributed by atoms with E-state index in [0.29, 0.717) is 25.1 Å². The molecule has 1 aromatic carbocycles. The van der Waals surface area contributed by atoms with E-state index in [-0.39, 0.29) is 6.03 Å². The van der Waals surface area contributed by atoms with Crippen LogP contribution in [-0.2, 0) is 6.54 Å². The Labute approximate surface area is 165 Å². The van der Waals surface area contributed by atoms with Crippen LogP contribution in [0.1, 0.15) is 52.0 Å². The summed E-state index contributed by atoms with van der Waals surface area (Å²) < 4.78 is 5.81. The van der Waals surface area contributed by atoms with Crippen LogP contribution in [0.4, 0.5) is 4.79 Å². The van der Waals surface area contributed by atoms with Gasteiger partial charge in [0, 0.05) is 26.2 Å². The summed E-state index contributed by atoms with van der Waals surface area (Å²) in [6, 6.07) is 8.40. The molecule has 152 valence electrons. The number of ether oxygens (including phenoxy) is 1. The van der Waals surface area contributed by atoms with Crippen molar-refractivity contribution in [3.05, 3.63) is 29.8 Å². The molecule has 0 radical (unpaired) electrons. The fraction of sp³-hybridized carbons (Fsp3) is 0.682. The number of nitrogens with one attached hydrogen (secondary N) is 1. The number of urea groups is 1. The lowest BCUT2D eigenvalue weighted by Crippen LogP contribution is -2.45. The molecule has 1 fully saturated rings. The molecule has 1 aromatic rings. The number of benzene rings is 1. The van der Waals surface area contributed by atoms with Crippen LogP contribution in [0.25, 0.3) is 0 Å². The molecular formula is C22H37N3O2. The minimum Gasteiger partial charge on any atom is -0.492 e. The van der Waals surface area contributed by atoms with E-state index in [9.17, 15) is 4.79 Å². The molecule has 5 nitrogen and oxygen atoms in total. The van der Waals surface area contributed by atoms with Gasteiger partial charge in [-0.2, -0.15) is 0 Å². The molecule has 1 saturated carbocycles. The number of nitrogens with zero attached hydrogens (tertiary/aromatic N) is 2. The fourth-order valence-corrected chi connectivity index (χ4v) is 3.76. The van der Waals surface area contributed by atoms with Crippen molar-refractivity contribution >= 4 is 6.03 Å². The SMILES string of the molecule is CCN(CC)CCOc1ccc(CNC(=O)N(C)C2CCCC(C)C2)cc1. The van der Waals surface area contributed by atoms with Gasteiger partial charge >= 0.3 is 6.03 Å². The van der Waals surface area contributed by atoms with Gasteiger partial charge in [0.05, 0.1) is 0 Å². The number of carbonyl (C=O) groups is 1. The lowest BCUT2D eigenvalue weighted by atomic mass is 9.86. The van der Waals surface area contributed by atoms with Crippen molar-refractivity contribution in [1.29, 1.82) is 0 Å². The monoisotopic (exact) mass is 375 g/mol. The van der Waals surface area contributed by atoms with Crippen LogP contribution < -0.4 is 10.1 Å². The molecule has 0 bridgehead atoms. The molecule has 1 aliphatic carbocycles. The normalized spacial score (nSPS) is 19.7. The highest BCUT2D eigenvalue weighted by atomic mass is 16.5. The predicted molar refractivity (Wildman–Crippen MR) is 111 cm³/mol. The van der Waals surface area contributed by atoms with E-state index >= 15 is 0 Å². The maximum absolute atomic E-state index is 12.4. The average Bonchev–Trinajstić information content (AvgIpc) is 2.69. The molecule has 1 aliphatic rings. The smallest absolute Gasteiger partial charge is 0.317 e. The molecule has 27 heavy (non-hydrogen) atoms. The summed E-state index contributed by atoms with van der Waals surface area (Å²) in [6.45, 7) is 10.9. The summed E-state index contributed by atoms with van der Waals surface area (Å²) in [5, 5.41) is 3.04. The van der Waals surface area contributed by atoms with Crippen molar-refractivity contribution in [2.75, 3.05) is 33.3 Å². The Morgan fingerprint density at radius 3 is 2.52 bits per heavy atom. The molecule has 0 saturated heterocycles. The van der Waals surface area contributed by atoms with Gasteiger partial charge in [-0.15, -0.1) is 0 Å². The second-order valence-corrected chi connectivity index (χ2v) is 7.71. The van der Waals surface area contributed by atoms with Gasteiger partial charge < -0.3 is 19.9 Å². The van der Waals surface area contributed by atoms with Crippen LogP contribution in [0, 0.1) is 5.92 Å². The zero-order valence-electron chi connectivity index (χ0n) is 17.5. The molecule has 2 amide bonds. The summed E-state index contributed by atoms with van der Waals surface area (Å²) in [4.78, 5) is 16.7.